The fourth-order valence-corrected chi connectivity index (χ4v) is 3.58. The number of rotatable bonds is 4. The average molecular weight is 401 g/mol. The minimum Gasteiger partial charge on any atom is -0.247 e. The van der Waals surface area contributed by atoms with Gasteiger partial charge >= 0.3 is 5.69 Å². The third kappa shape index (κ3) is 3.08. The van der Waals surface area contributed by atoms with E-state index < -0.39 is 0 Å². The van der Waals surface area contributed by atoms with E-state index in [2.05, 4.69) is 48.3 Å². The highest BCUT2D eigenvalue weighted by atomic mass is 19.1. The minimum atomic E-state index is -0.309. The lowest BCUT2D eigenvalue weighted by molar-refractivity contribution is 0.622. The Morgan fingerprint density at radius 3 is 2.40 bits per heavy atom. The molecule has 0 unspecified atom stereocenters. The van der Waals surface area contributed by atoms with Crippen LogP contribution in [0.3, 0.4) is 0 Å². The maximum atomic E-state index is 13.2. The Kier molecular flexibility index (Phi) is 4.24. The van der Waals surface area contributed by atoms with Crippen molar-refractivity contribution in [2.24, 2.45) is 0 Å². The van der Waals surface area contributed by atoms with Crippen LogP contribution in [0.5, 0.6) is 0 Å². The van der Waals surface area contributed by atoms with Gasteiger partial charge in [-0.1, -0.05) is 50.2 Å². The lowest BCUT2D eigenvalue weighted by atomic mass is 10.0. The molecule has 0 N–H and O–H groups in total. The highest BCUT2D eigenvalue weighted by Crippen LogP contribution is 2.24. The van der Waals surface area contributed by atoms with Gasteiger partial charge in [-0.25, -0.2) is 22.8 Å². The largest absolute Gasteiger partial charge is 0.350 e. The van der Waals surface area contributed by atoms with E-state index in [4.69, 9.17) is 0 Å². The van der Waals surface area contributed by atoms with Crippen LogP contribution in [0.4, 0.5) is 4.39 Å². The highest BCUT2D eigenvalue weighted by Gasteiger charge is 2.14. The van der Waals surface area contributed by atoms with Crippen molar-refractivity contribution < 1.29 is 4.39 Å². The summed E-state index contributed by atoms with van der Waals surface area (Å²) in [6, 6.07) is 16.3. The molecule has 3 aromatic heterocycles. The van der Waals surface area contributed by atoms with Crippen molar-refractivity contribution in [3.05, 3.63) is 94.4 Å². The van der Waals surface area contributed by atoms with Gasteiger partial charge in [-0.3, -0.25) is 0 Å². The van der Waals surface area contributed by atoms with Gasteiger partial charge in [0.25, 0.3) is 0 Å². The van der Waals surface area contributed by atoms with Crippen LogP contribution < -0.4 is 5.69 Å². The Balaban J connectivity index is 1.57. The third-order valence-corrected chi connectivity index (χ3v) is 5.31. The second-order valence-electron chi connectivity index (χ2n) is 7.69. The SMILES string of the molecule is CC(C)c1ccc(-c2cc3c4nn(Cc5ccc(F)cc5)c(=O)n4ccn3n2)cc1. The fraction of sp³-hybridized carbons (Fsp3) is 0.174. The summed E-state index contributed by atoms with van der Waals surface area (Å²) in [6.07, 6.45) is 3.41. The Morgan fingerprint density at radius 1 is 0.967 bits per heavy atom. The molecule has 0 saturated carbocycles. The summed E-state index contributed by atoms with van der Waals surface area (Å²) < 4.78 is 17.8. The Bertz CT molecular complexity index is 1410. The average Bonchev–Trinajstić information content (AvgIpc) is 3.31. The second-order valence-corrected chi connectivity index (χ2v) is 7.69. The lowest BCUT2D eigenvalue weighted by Crippen LogP contribution is -2.21. The van der Waals surface area contributed by atoms with Crippen molar-refractivity contribution in [1.82, 2.24) is 23.8 Å². The summed E-state index contributed by atoms with van der Waals surface area (Å²) in [5.74, 6) is 0.160. The molecule has 0 fully saturated rings. The van der Waals surface area contributed by atoms with Gasteiger partial charge in [0.1, 0.15) is 11.3 Å². The van der Waals surface area contributed by atoms with Crippen molar-refractivity contribution in [3.63, 3.8) is 0 Å². The molecule has 0 spiro atoms. The van der Waals surface area contributed by atoms with Crippen molar-refractivity contribution in [1.29, 1.82) is 0 Å². The molecule has 30 heavy (non-hydrogen) atoms. The van der Waals surface area contributed by atoms with E-state index in [1.807, 2.05) is 6.07 Å². The summed E-state index contributed by atoms with van der Waals surface area (Å²) in [4.78, 5) is 12.8. The summed E-state index contributed by atoms with van der Waals surface area (Å²) in [7, 11) is 0. The van der Waals surface area contributed by atoms with Crippen LogP contribution in [-0.2, 0) is 6.54 Å². The summed E-state index contributed by atoms with van der Waals surface area (Å²) in [6.45, 7) is 4.60. The molecule has 0 saturated heterocycles. The summed E-state index contributed by atoms with van der Waals surface area (Å²) in [5, 5.41) is 9.17. The van der Waals surface area contributed by atoms with Crippen LogP contribution in [-0.4, -0.2) is 23.8 Å². The van der Waals surface area contributed by atoms with Gasteiger partial charge in [0.05, 0.1) is 12.2 Å². The van der Waals surface area contributed by atoms with Gasteiger partial charge in [0.2, 0.25) is 0 Å². The Morgan fingerprint density at radius 2 is 1.70 bits per heavy atom. The molecule has 0 aliphatic carbocycles. The number of fused-ring (bicyclic) bond motifs is 3. The van der Waals surface area contributed by atoms with Crippen molar-refractivity contribution >= 4 is 11.2 Å². The molecule has 7 heteroatoms. The normalized spacial score (nSPS) is 11.7. The van der Waals surface area contributed by atoms with Gasteiger partial charge in [-0.2, -0.15) is 5.10 Å². The quantitative estimate of drug-likeness (QED) is 0.455. The van der Waals surface area contributed by atoms with Crippen LogP contribution in [0, 0.1) is 5.82 Å². The molecule has 0 radical (unpaired) electrons. The van der Waals surface area contributed by atoms with E-state index >= 15 is 0 Å². The van der Waals surface area contributed by atoms with E-state index in [0.717, 1.165) is 22.3 Å². The van der Waals surface area contributed by atoms with Crippen molar-refractivity contribution in [2.45, 2.75) is 26.3 Å². The first-order chi connectivity index (χ1) is 14.5. The van der Waals surface area contributed by atoms with E-state index in [0.29, 0.717) is 11.6 Å². The fourth-order valence-electron chi connectivity index (χ4n) is 3.58. The maximum absolute atomic E-state index is 13.2. The Hall–Kier alpha value is -3.74. The second kappa shape index (κ2) is 6.95. The first-order valence-corrected chi connectivity index (χ1v) is 9.82. The predicted molar refractivity (Wildman–Crippen MR) is 113 cm³/mol. The lowest BCUT2D eigenvalue weighted by Gasteiger charge is -2.05. The van der Waals surface area contributed by atoms with Crippen LogP contribution in [0.25, 0.3) is 22.4 Å². The molecule has 6 nitrogen and oxygen atoms in total. The molecule has 0 atom stereocenters. The molecule has 3 heterocycles. The van der Waals surface area contributed by atoms with Gasteiger partial charge < -0.3 is 0 Å². The molecular weight excluding hydrogens is 381 g/mol. The number of benzene rings is 2. The van der Waals surface area contributed by atoms with Crippen molar-refractivity contribution in [2.75, 3.05) is 0 Å². The molecular formula is C23H20FN5O. The van der Waals surface area contributed by atoms with Crippen molar-refractivity contribution in [3.8, 4) is 11.3 Å². The smallest absolute Gasteiger partial charge is 0.247 e. The number of nitrogens with zero attached hydrogens (tertiary/aromatic N) is 5. The first kappa shape index (κ1) is 18.3. The predicted octanol–water partition coefficient (Wildman–Crippen LogP) is 4.12. The molecule has 0 aliphatic heterocycles. The zero-order valence-corrected chi connectivity index (χ0v) is 16.7. The summed E-state index contributed by atoms with van der Waals surface area (Å²) >= 11 is 0. The van der Waals surface area contributed by atoms with Gasteiger partial charge in [0, 0.05) is 18.0 Å². The Labute approximate surface area is 171 Å². The number of hydrogen-bond acceptors (Lipinski definition) is 3. The van der Waals surface area contributed by atoms with E-state index in [-0.39, 0.29) is 18.1 Å². The molecule has 2 aromatic carbocycles. The molecule has 0 aliphatic rings. The molecule has 5 rings (SSSR count). The van der Waals surface area contributed by atoms with Gasteiger partial charge in [0.15, 0.2) is 5.65 Å². The number of aromatic nitrogens is 5. The third-order valence-electron chi connectivity index (χ3n) is 5.31. The molecule has 150 valence electrons. The highest BCUT2D eigenvalue weighted by molar-refractivity contribution is 5.76. The van der Waals surface area contributed by atoms with E-state index in [9.17, 15) is 9.18 Å². The maximum Gasteiger partial charge on any atom is 0.350 e. The molecule has 0 bridgehead atoms. The monoisotopic (exact) mass is 401 g/mol. The number of halogens is 1. The standard InChI is InChI=1S/C23H20FN5O/c1-15(2)17-5-7-18(8-6-17)20-13-21-22-26-29(14-16-3-9-19(24)10-4-16)23(30)27(22)11-12-28(21)25-20/h3-13,15H,14H2,1-2H3. The zero-order valence-electron chi connectivity index (χ0n) is 16.7. The van der Waals surface area contributed by atoms with Gasteiger partial charge in [-0.15, -0.1) is 5.10 Å². The van der Waals surface area contributed by atoms with Crippen LogP contribution in [0.15, 0.2) is 71.8 Å². The van der Waals surface area contributed by atoms with Crippen LogP contribution >= 0.6 is 0 Å². The molecule has 0 amide bonds. The molecule has 5 aromatic rings. The van der Waals surface area contributed by atoms with E-state index in [1.54, 1.807) is 29.0 Å². The summed E-state index contributed by atoms with van der Waals surface area (Å²) in [5.41, 5.74) is 4.93. The van der Waals surface area contributed by atoms with E-state index in [1.165, 1.54) is 26.8 Å². The topological polar surface area (TPSA) is 56.6 Å². The van der Waals surface area contributed by atoms with Gasteiger partial charge in [-0.05, 0) is 35.2 Å². The van der Waals surface area contributed by atoms with Crippen LogP contribution in [0.2, 0.25) is 0 Å². The van der Waals surface area contributed by atoms with Crippen LogP contribution in [0.1, 0.15) is 30.9 Å². The first-order valence-electron chi connectivity index (χ1n) is 9.82. The number of hydrogen-bond donors (Lipinski definition) is 0. The minimum absolute atomic E-state index is 0.249. The zero-order chi connectivity index (χ0) is 20.8.